The van der Waals surface area contributed by atoms with Crippen LogP contribution >= 0.6 is 0 Å². The number of hydrogen-bond donors (Lipinski definition) is 0. The lowest BCUT2D eigenvalue weighted by Gasteiger charge is -2.20. The van der Waals surface area contributed by atoms with Crippen LogP contribution in [0.15, 0.2) is 25.2 Å². The number of hydrogen-bond acceptors (Lipinski definition) is 2. The van der Waals surface area contributed by atoms with Gasteiger partial charge in [0.25, 0.3) is 0 Å². The van der Waals surface area contributed by atoms with Crippen LogP contribution < -0.4 is 0 Å². The first-order valence-electron chi connectivity index (χ1n) is 3.97. The van der Waals surface area contributed by atoms with Crippen molar-refractivity contribution in [2.75, 3.05) is 0 Å². The molecule has 1 heterocycles. The van der Waals surface area contributed by atoms with Crippen LogP contribution in [0.1, 0.15) is 26.5 Å². The highest BCUT2D eigenvalue weighted by atomic mass is 14.8. The Hall–Kier alpha value is -1.18. The first kappa shape index (κ1) is 8.91. The van der Waals surface area contributed by atoms with E-state index in [1.165, 1.54) is 0 Å². The monoisotopic (exact) mass is 162 g/mol. The summed E-state index contributed by atoms with van der Waals surface area (Å²) in [5.41, 5.74) is 1.97. The normalized spacial score (nSPS) is 11.2. The van der Waals surface area contributed by atoms with E-state index in [9.17, 15) is 0 Å². The van der Waals surface area contributed by atoms with Crippen LogP contribution in [0, 0.1) is 5.41 Å². The minimum absolute atomic E-state index is 0.0655. The van der Waals surface area contributed by atoms with Gasteiger partial charge < -0.3 is 0 Å². The Morgan fingerprint density at radius 1 is 1.33 bits per heavy atom. The molecule has 2 nitrogen and oxygen atoms in total. The highest BCUT2D eigenvalue weighted by molar-refractivity contribution is 5.63. The van der Waals surface area contributed by atoms with Crippen LogP contribution in [0.3, 0.4) is 0 Å². The first-order chi connectivity index (χ1) is 5.52. The van der Waals surface area contributed by atoms with E-state index in [0.717, 1.165) is 11.3 Å². The van der Waals surface area contributed by atoms with Gasteiger partial charge in [0, 0.05) is 12.4 Å². The highest BCUT2D eigenvalue weighted by Gasteiger charge is 2.17. The molecule has 1 aromatic heterocycles. The van der Waals surface area contributed by atoms with Gasteiger partial charge in [-0.2, -0.15) is 0 Å². The molecule has 0 saturated heterocycles. The Bertz CT molecular complexity index is 270. The average molecular weight is 162 g/mol. The van der Waals surface area contributed by atoms with Crippen molar-refractivity contribution in [1.82, 2.24) is 9.97 Å². The summed E-state index contributed by atoms with van der Waals surface area (Å²) in [5.74, 6) is 0. The third kappa shape index (κ3) is 1.91. The minimum atomic E-state index is 0.0655. The second-order valence-corrected chi connectivity index (χ2v) is 3.82. The van der Waals surface area contributed by atoms with Gasteiger partial charge in [-0.1, -0.05) is 27.4 Å². The predicted molar refractivity (Wildman–Crippen MR) is 50.5 cm³/mol. The number of rotatable bonds is 1. The maximum atomic E-state index is 4.18. The van der Waals surface area contributed by atoms with Gasteiger partial charge in [0.05, 0.1) is 11.9 Å². The molecule has 0 N–H and O–H groups in total. The summed E-state index contributed by atoms with van der Waals surface area (Å²) in [6, 6.07) is 0. The van der Waals surface area contributed by atoms with Crippen LogP contribution in [0.2, 0.25) is 0 Å². The molecule has 0 unspecified atom stereocenters. The van der Waals surface area contributed by atoms with Crippen molar-refractivity contribution < 1.29 is 0 Å². The Kier molecular flexibility index (Phi) is 2.27. The van der Waals surface area contributed by atoms with Crippen LogP contribution in [0.25, 0.3) is 5.57 Å². The van der Waals surface area contributed by atoms with Crippen molar-refractivity contribution >= 4 is 5.57 Å². The van der Waals surface area contributed by atoms with Crippen LogP contribution in [-0.2, 0) is 0 Å². The van der Waals surface area contributed by atoms with Gasteiger partial charge in [0.2, 0.25) is 0 Å². The molecule has 64 valence electrons. The zero-order valence-corrected chi connectivity index (χ0v) is 7.83. The Morgan fingerprint density at radius 3 is 2.42 bits per heavy atom. The number of allylic oxidation sites excluding steroid dienone is 1. The Morgan fingerprint density at radius 2 is 2.00 bits per heavy atom. The summed E-state index contributed by atoms with van der Waals surface area (Å²) in [4.78, 5) is 8.18. The standard InChI is InChI=1S/C10H14N2/c1-8(10(2,3)4)9-7-11-5-6-12-9/h5-7H,1H2,2-4H3. The molecule has 0 spiro atoms. The van der Waals surface area contributed by atoms with Crippen LogP contribution in [-0.4, -0.2) is 9.97 Å². The van der Waals surface area contributed by atoms with Gasteiger partial charge in [-0.25, -0.2) is 0 Å². The molecule has 2 heteroatoms. The molecule has 0 aliphatic heterocycles. The number of nitrogens with zero attached hydrogens (tertiary/aromatic N) is 2. The molecule has 1 aromatic rings. The molecule has 0 aromatic carbocycles. The van der Waals surface area contributed by atoms with E-state index >= 15 is 0 Å². The van der Waals surface area contributed by atoms with E-state index in [0.29, 0.717) is 0 Å². The zero-order chi connectivity index (χ0) is 9.19. The minimum Gasteiger partial charge on any atom is -0.261 e. The molecule has 0 saturated carbocycles. The average Bonchev–Trinajstić information content (AvgIpc) is 2.03. The molecule has 1 rings (SSSR count). The predicted octanol–water partition coefficient (Wildman–Crippen LogP) is 2.54. The van der Waals surface area contributed by atoms with Crippen molar-refractivity contribution in [3.63, 3.8) is 0 Å². The molecule has 0 atom stereocenters. The van der Waals surface area contributed by atoms with Gasteiger partial charge in [0.15, 0.2) is 0 Å². The van der Waals surface area contributed by atoms with E-state index in [1.54, 1.807) is 18.6 Å². The lowest BCUT2D eigenvalue weighted by atomic mass is 9.86. The molecule has 0 radical (unpaired) electrons. The van der Waals surface area contributed by atoms with Crippen molar-refractivity contribution in [2.45, 2.75) is 20.8 Å². The third-order valence-corrected chi connectivity index (χ3v) is 1.78. The van der Waals surface area contributed by atoms with Crippen LogP contribution in [0.4, 0.5) is 0 Å². The van der Waals surface area contributed by atoms with Crippen molar-refractivity contribution in [3.8, 4) is 0 Å². The highest BCUT2D eigenvalue weighted by Crippen LogP contribution is 2.30. The van der Waals surface area contributed by atoms with Gasteiger partial charge in [-0.15, -0.1) is 0 Å². The third-order valence-electron chi connectivity index (χ3n) is 1.78. The van der Waals surface area contributed by atoms with Gasteiger partial charge in [-0.05, 0) is 11.0 Å². The second kappa shape index (κ2) is 3.05. The molecule has 0 aliphatic rings. The molecule has 12 heavy (non-hydrogen) atoms. The first-order valence-corrected chi connectivity index (χ1v) is 3.97. The van der Waals surface area contributed by atoms with Gasteiger partial charge in [-0.3, -0.25) is 9.97 Å². The molecular formula is C10H14N2. The fraction of sp³-hybridized carbons (Fsp3) is 0.400. The van der Waals surface area contributed by atoms with Crippen molar-refractivity contribution in [2.24, 2.45) is 5.41 Å². The van der Waals surface area contributed by atoms with E-state index in [-0.39, 0.29) is 5.41 Å². The summed E-state index contributed by atoms with van der Waals surface area (Å²) in [6.07, 6.45) is 5.10. The molecule has 0 fully saturated rings. The zero-order valence-electron chi connectivity index (χ0n) is 7.83. The van der Waals surface area contributed by atoms with Crippen molar-refractivity contribution in [1.29, 1.82) is 0 Å². The Balaban J connectivity index is 2.94. The van der Waals surface area contributed by atoms with E-state index in [2.05, 4.69) is 37.3 Å². The lowest BCUT2D eigenvalue weighted by molar-refractivity contribution is 0.565. The van der Waals surface area contributed by atoms with Crippen LogP contribution in [0.5, 0.6) is 0 Å². The quantitative estimate of drug-likeness (QED) is 0.634. The maximum absolute atomic E-state index is 4.18. The summed E-state index contributed by atoms with van der Waals surface area (Å²) in [5, 5.41) is 0. The smallest absolute Gasteiger partial charge is 0.0844 e. The molecule has 0 amide bonds. The van der Waals surface area contributed by atoms with E-state index in [4.69, 9.17) is 0 Å². The second-order valence-electron chi connectivity index (χ2n) is 3.82. The largest absolute Gasteiger partial charge is 0.261 e. The fourth-order valence-corrected chi connectivity index (χ4v) is 0.839. The summed E-state index contributed by atoms with van der Waals surface area (Å²) >= 11 is 0. The van der Waals surface area contributed by atoms with Crippen molar-refractivity contribution in [3.05, 3.63) is 30.9 Å². The van der Waals surface area contributed by atoms with Gasteiger partial charge in [0.1, 0.15) is 0 Å². The topological polar surface area (TPSA) is 25.8 Å². The molecule has 0 aliphatic carbocycles. The summed E-state index contributed by atoms with van der Waals surface area (Å²) in [6.45, 7) is 10.3. The summed E-state index contributed by atoms with van der Waals surface area (Å²) in [7, 11) is 0. The molecular weight excluding hydrogens is 148 g/mol. The lowest BCUT2D eigenvalue weighted by Crippen LogP contribution is -2.08. The van der Waals surface area contributed by atoms with E-state index < -0.39 is 0 Å². The SMILES string of the molecule is C=C(c1cnccn1)C(C)(C)C. The maximum Gasteiger partial charge on any atom is 0.0844 e. The number of aromatic nitrogens is 2. The molecule has 0 bridgehead atoms. The Labute approximate surface area is 73.4 Å². The summed E-state index contributed by atoms with van der Waals surface area (Å²) < 4.78 is 0. The van der Waals surface area contributed by atoms with E-state index in [1.807, 2.05) is 0 Å². The van der Waals surface area contributed by atoms with Gasteiger partial charge >= 0.3 is 0 Å². The fourth-order valence-electron chi connectivity index (χ4n) is 0.839.